The first kappa shape index (κ1) is 13.7. The maximum atomic E-state index is 6.19. The Kier molecular flexibility index (Phi) is 4.87. The Morgan fingerprint density at radius 3 is 2.67 bits per heavy atom. The molecule has 0 aliphatic carbocycles. The molecule has 0 amide bonds. The van der Waals surface area contributed by atoms with Gasteiger partial charge < -0.3 is 15.4 Å². The van der Waals surface area contributed by atoms with Gasteiger partial charge in [-0.2, -0.15) is 0 Å². The number of nitrogens with two attached hydrogens (primary N) is 1. The molecule has 0 radical (unpaired) electrons. The number of benzene rings is 1. The monoisotopic (exact) mass is 268 g/mol. The number of likely N-dealkylation sites (tertiary alicyclic amines) is 1. The van der Waals surface area contributed by atoms with Gasteiger partial charge in [0, 0.05) is 19.6 Å². The number of nitrogens with zero attached hydrogens (tertiary/aromatic N) is 1. The van der Waals surface area contributed by atoms with Crippen molar-refractivity contribution in [1.29, 1.82) is 0 Å². The van der Waals surface area contributed by atoms with Gasteiger partial charge in [0.1, 0.15) is 11.9 Å². The first-order valence-electron chi connectivity index (χ1n) is 6.60. The molecule has 1 aliphatic heterocycles. The van der Waals surface area contributed by atoms with Crippen LogP contribution in [0.3, 0.4) is 0 Å². The average Bonchev–Trinajstić information content (AvgIpc) is 2.42. The lowest BCUT2D eigenvalue weighted by molar-refractivity contribution is 0.104. The van der Waals surface area contributed by atoms with Crippen molar-refractivity contribution in [3.63, 3.8) is 0 Å². The number of halogens is 1. The highest BCUT2D eigenvalue weighted by Gasteiger charge is 2.20. The Hall–Kier alpha value is -0.770. The smallest absolute Gasteiger partial charge is 0.138 e. The van der Waals surface area contributed by atoms with Crippen LogP contribution in [0.25, 0.3) is 0 Å². The molecular formula is C14H21ClN2O. The van der Waals surface area contributed by atoms with Gasteiger partial charge in [0.25, 0.3) is 0 Å². The summed E-state index contributed by atoms with van der Waals surface area (Å²) < 4.78 is 5.98. The standard InChI is InChI=1S/C14H21ClN2O/c1-2-17-7-5-12(6-8-17)18-14-4-3-11(10-16)9-13(14)15/h3-4,9,12H,2,5-8,10,16H2,1H3. The topological polar surface area (TPSA) is 38.5 Å². The summed E-state index contributed by atoms with van der Waals surface area (Å²) >= 11 is 6.19. The van der Waals surface area contributed by atoms with Gasteiger partial charge in [-0.05, 0) is 37.1 Å². The molecule has 3 nitrogen and oxygen atoms in total. The third kappa shape index (κ3) is 3.37. The van der Waals surface area contributed by atoms with Crippen molar-refractivity contribution in [3.8, 4) is 5.75 Å². The SMILES string of the molecule is CCN1CCC(Oc2ccc(CN)cc2Cl)CC1. The predicted molar refractivity (Wildman–Crippen MR) is 75.1 cm³/mol. The van der Waals surface area contributed by atoms with Gasteiger partial charge in [-0.3, -0.25) is 0 Å². The molecule has 0 spiro atoms. The maximum absolute atomic E-state index is 6.19. The predicted octanol–water partition coefficient (Wildman–Crippen LogP) is 2.66. The zero-order valence-electron chi connectivity index (χ0n) is 10.9. The third-order valence-electron chi connectivity index (χ3n) is 3.51. The Morgan fingerprint density at radius 2 is 2.11 bits per heavy atom. The first-order valence-corrected chi connectivity index (χ1v) is 6.98. The number of ether oxygens (including phenoxy) is 1. The van der Waals surface area contributed by atoms with Gasteiger partial charge in [0.2, 0.25) is 0 Å². The van der Waals surface area contributed by atoms with Crippen LogP contribution in [0, 0.1) is 0 Å². The molecule has 0 saturated carbocycles. The largest absolute Gasteiger partial charge is 0.489 e. The van der Waals surface area contributed by atoms with Crippen LogP contribution in [0.2, 0.25) is 5.02 Å². The third-order valence-corrected chi connectivity index (χ3v) is 3.80. The van der Waals surface area contributed by atoms with Crippen molar-refractivity contribution < 1.29 is 4.74 Å². The van der Waals surface area contributed by atoms with Crippen molar-refractivity contribution in [1.82, 2.24) is 4.90 Å². The van der Waals surface area contributed by atoms with E-state index in [9.17, 15) is 0 Å². The quantitative estimate of drug-likeness (QED) is 0.912. The second-order valence-corrected chi connectivity index (χ2v) is 5.13. The fourth-order valence-corrected chi connectivity index (χ4v) is 2.54. The van der Waals surface area contributed by atoms with E-state index in [4.69, 9.17) is 22.1 Å². The fraction of sp³-hybridized carbons (Fsp3) is 0.571. The van der Waals surface area contributed by atoms with Gasteiger partial charge in [0.05, 0.1) is 5.02 Å². The van der Waals surface area contributed by atoms with E-state index < -0.39 is 0 Å². The van der Waals surface area contributed by atoms with Crippen molar-refractivity contribution in [2.45, 2.75) is 32.4 Å². The molecule has 18 heavy (non-hydrogen) atoms. The summed E-state index contributed by atoms with van der Waals surface area (Å²) in [6.07, 6.45) is 2.43. The zero-order chi connectivity index (χ0) is 13.0. The van der Waals surface area contributed by atoms with E-state index in [1.165, 1.54) is 0 Å². The highest BCUT2D eigenvalue weighted by molar-refractivity contribution is 6.32. The molecule has 1 aliphatic rings. The van der Waals surface area contributed by atoms with Crippen molar-refractivity contribution in [2.24, 2.45) is 5.73 Å². The average molecular weight is 269 g/mol. The Bertz CT molecular complexity index is 389. The molecule has 1 aromatic rings. The molecule has 0 aromatic heterocycles. The molecule has 1 fully saturated rings. The second kappa shape index (κ2) is 6.41. The van der Waals surface area contributed by atoms with E-state index in [1.54, 1.807) is 0 Å². The Balaban J connectivity index is 1.94. The number of hydrogen-bond acceptors (Lipinski definition) is 3. The summed E-state index contributed by atoms with van der Waals surface area (Å²) in [7, 11) is 0. The lowest BCUT2D eigenvalue weighted by atomic mass is 10.1. The molecule has 2 rings (SSSR count). The molecule has 2 N–H and O–H groups in total. The van der Waals surface area contributed by atoms with Crippen LogP contribution in [0.1, 0.15) is 25.3 Å². The van der Waals surface area contributed by atoms with E-state index in [0.717, 1.165) is 43.8 Å². The van der Waals surface area contributed by atoms with E-state index in [1.807, 2.05) is 18.2 Å². The van der Waals surface area contributed by atoms with E-state index >= 15 is 0 Å². The summed E-state index contributed by atoms with van der Waals surface area (Å²) in [5, 5.41) is 0.663. The minimum Gasteiger partial charge on any atom is -0.489 e. The minimum atomic E-state index is 0.286. The van der Waals surface area contributed by atoms with Gasteiger partial charge in [-0.1, -0.05) is 24.6 Å². The normalized spacial score (nSPS) is 17.9. The van der Waals surface area contributed by atoms with E-state index in [-0.39, 0.29) is 6.10 Å². The van der Waals surface area contributed by atoms with Crippen LogP contribution in [0.4, 0.5) is 0 Å². The molecule has 1 heterocycles. The van der Waals surface area contributed by atoms with Gasteiger partial charge in [-0.25, -0.2) is 0 Å². The van der Waals surface area contributed by atoms with E-state index in [2.05, 4.69) is 11.8 Å². The number of piperidine rings is 1. The summed E-state index contributed by atoms with van der Waals surface area (Å²) in [5.74, 6) is 0.781. The van der Waals surface area contributed by atoms with Crippen molar-refractivity contribution >= 4 is 11.6 Å². The summed E-state index contributed by atoms with van der Waals surface area (Å²) in [6, 6.07) is 5.79. The highest BCUT2D eigenvalue weighted by Crippen LogP contribution is 2.28. The van der Waals surface area contributed by atoms with Crippen LogP contribution >= 0.6 is 11.6 Å². The molecule has 1 saturated heterocycles. The molecular weight excluding hydrogens is 248 g/mol. The minimum absolute atomic E-state index is 0.286. The van der Waals surface area contributed by atoms with Gasteiger partial charge in [-0.15, -0.1) is 0 Å². The Morgan fingerprint density at radius 1 is 1.39 bits per heavy atom. The molecule has 0 unspecified atom stereocenters. The highest BCUT2D eigenvalue weighted by atomic mass is 35.5. The molecule has 4 heteroatoms. The molecule has 1 aromatic carbocycles. The van der Waals surface area contributed by atoms with Crippen molar-refractivity contribution in [3.05, 3.63) is 28.8 Å². The fourth-order valence-electron chi connectivity index (χ4n) is 2.29. The number of rotatable bonds is 4. The lowest BCUT2D eigenvalue weighted by Crippen LogP contribution is -2.38. The molecule has 100 valence electrons. The summed E-state index contributed by atoms with van der Waals surface area (Å²) in [4.78, 5) is 2.44. The van der Waals surface area contributed by atoms with Gasteiger partial charge in [0.15, 0.2) is 0 Å². The lowest BCUT2D eigenvalue weighted by Gasteiger charge is -2.31. The van der Waals surface area contributed by atoms with E-state index in [0.29, 0.717) is 11.6 Å². The van der Waals surface area contributed by atoms with Crippen molar-refractivity contribution in [2.75, 3.05) is 19.6 Å². The summed E-state index contributed by atoms with van der Waals surface area (Å²) in [5.41, 5.74) is 6.61. The zero-order valence-corrected chi connectivity index (χ0v) is 11.6. The van der Waals surface area contributed by atoms with Crippen LogP contribution in [-0.4, -0.2) is 30.6 Å². The second-order valence-electron chi connectivity index (χ2n) is 4.72. The van der Waals surface area contributed by atoms with Crippen LogP contribution < -0.4 is 10.5 Å². The molecule has 0 bridgehead atoms. The van der Waals surface area contributed by atoms with Crippen LogP contribution in [0.15, 0.2) is 18.2 Å². The van der Waals surface area contributed by atoms with Crippen LogP contribution in [-0.2, 0) is 6.54 Å². The maximum Gasteiger partial charge on any atom is 0.138 e. The van der Waals surface area contributed by atoms with Gasteiger partial charge >= 0.3 is 0 Å². The summed E-state index contributed by atoms with van der Waals surface area (Å²) in [6.45, 7) is 6.05. The first-order chi connectivity index (χ1) is 8.72. The Labute approximate surface area is 114 Å². The molecule has 0 atom stereocenters. The number of hydrogen-bond donors (Lipinski definition) is 1. The van der Waals surface area contributed by atoms with Crippen LogP contribution in [0.5, 0.6) is 5.75 Å².